The van der Waals surface area contributed by atoms with E-state index in [1.807, 2.05) is 0 Å². The van der Waals surface area contributed by atoms with Crippen LogP contribution in [0.4, 0.5) is 0 Å². The molecule has 3 nitrogen and oxygen atoms in total. The molecule has 5 rings (SSSR count). The number of aryl methyl sites for hydroxylation is 1. The molecule has 2 bridgehead atoms. The molecule has 3 aliphatic carbocycles. The predicted octanol–water partition coefficient (Wildman–Crippen LogP) is 3.76. The molecule has 0 aliphatic heterocycles. The molecule has 0 amide bonds. The number of fused-ring (bicyclic) bond motifs is 6. The monoisotopic (exact) mass is 309 g/mol. The lowest BCUT2D eigenvalue weighted by atomic mass is 9.79. The molecule has 3 heteroatoms. The summed E-state index contributed by atoms with van der Waals surface area (Å²) in [5.74, 6) is 5.31. The van der Waals surface area contributed by atoms with Crippen molar-refractivity contribution in [2.75, 3.05) is 6.54 Å². The number of hydrogen-bond acceptors (Lipinski definition) is 2. The maximum atomic E-state index is 4.68. The molecule has 1 N–H and O–H groups in total. The zero-order valence-electron chi connectivity index (χ0n) is 14.0. The highest BCUT2D eigenvalue weighted by molar-refractivity contribution is 5.75. The fraction of sp³-hybridized carbons (Fsp3) is 0.650. The average Bonchev–Trinajstić information content (AvgIpc) is 3.28. The third-order valence-corrected chi connectivity index (χ3v) is 7.02. The predicted molar refractivity (Wildman–Crippen MR) is 93.3 cm³/mol. The minimum absolute atomic E-state index is 0.787. The van der Waals surface area contributed by atoms with Crippen LogP contribution in [0.25, 0.3) is 11.0 Å². The van der Waals surface area contributed by atoms with Crippen LogP contribution in [0, 0.1) is 30.6 Å². The van der Waals surface area contributed by atoms with Gasteiger partial charge in [-0.1, -0.05) is 18.6 Å². The van der Waals surface area contributed by atoms with Gasteiger partial charge in [-0.15, -0.1) is 0 Å². The molecule has 0 spiro atoms. The van der Waals surface area contributed by atoms with Crippen LogP contribution in [-0.2, 0) is 6.54 Å². The number of aromatic nitrogens is 2. The molecule has 1 aromatic heterocycles. The van der Waals surface area contributed by atoms with E-state index in [0.717, 1.165) is 54.1 Å². The van der Waals surface area contributed by atoms with Gasteiger partial charge in [0.25, 0.3) is 0 Å². The van der Waals surface area contributed by atoms with Gasteiger partial charge in [-0.25, -0.2) is 4.98 Å². The van der Waals surface area contributed by atoms with E-state index in [1.54, 1.807) is 0 Å². The molecule has 1 heterocycles. The van der Waals surface area contributed by atoms with E-state index in [1.165, 1.54) is 37.6 Å². The number of hydrogen-bond donors (Lipinski definition) is 1. The van der Waals surface area contributed by atoms with Gasteiger partial charge in [-0.2, -0.15) is 0 Å². The smallest absolute Gasteiger partial charge is 0.106 e. The number of nitrogens with zero attached hydrogens (tertiary/aromatic N) is 2. The van der Waals surface area contributed by atoms with E-state index in [2.05, 4.69) is 46.1 Å². The average molecular weight is 309 g/mol. The molecular formula is C20H27N3. The van der Waals surface area contributed by atoms with Crippen LogP contribution in [0.15, 0.2) is 24.3 Å². The van der Waals surface area contributed by atoms with Crippen molar-refractivity contribution in [2.45, 2.75) is 51.6 Å². The second kappa shape index (κ2) is 5.34. The number of para-hydroxylation sites is 2. The van der Waals surface area contributed by atoms with Crippen LogP contribution in [0.3, 0.4) is 0 Å². The summed E-state index contributed by atoms with van der Waals surface area (Å²) >= 11 is 0. The molecule has 5 atom stereocenters. The van der Waals surface area contributed by atoms with E-state index >= 15 is 0 Å². The first-order valence-electron chi connectivity index (χ1n) is 9.46. The Labute approximate surface area is 138 Å². The third-order valence-electron chi connectivity index (χ3n) is 7.02. The fourth-order valence-corrected chi connectivity index (χ4v) is 6.14. The van der Waals surface area contributed by atoms with Crippen molar-refractivity contribution in [2.24, 2.45) is 23.7 Å². The summed E-state index contributed by atoms with van der Waals surface area (Å²) in [6, 6.07) is 9.28. The normalized spacial score (nSPS) is 35.3. The van der Waals surface area contributed by atoms with Gasteiger partial charge >= 0.3 is 0 Å². The first kappa shape index (κ1) is 14.0. The van der Waals surface area contributed by atoms with Gasteiger partial charge in [0.2, 0.25) is 0 Å². The van der Waals surface area contributed by atoms with Crippen molar-refractivity contribution in [3.05, 3.63) is 30.1 Å². The van der Waals surface area contributed by atoms with Crippen molar-refractivity contribution < 1.29 is 0 Å². The quantitative estimate of drug-likeness (QED) is 0.932. The Morgan fingerprint density at radius 1 is 1.13 bits per heavy atom. The fourth-order valence-electron chi connectivity index (χ4n) is 6.14. The summed E-state index contributed by atoms with van der Waals surface area (Å²) in [6.45, 7) is 4.24. The van der Waals surface area contributed by atoms with Crippen molar-refractivity contribution >= 4 is 11.0 Å². The topological polar surface area (TPSA) is 29.9 Å². The Morgan fingerprint density at radius 2 is 2.00 bits per heavy atom. The highest BCUT2D eigenvalue weighted by atomic mass is 15.1. The molecule has 122 valence electrons. The number of benzene rings is 1. The van der Waals surface area contributed by atoms with E-state index in [-0.39, 0.29) is 0 Å². The molecule has 0 radical (unpaired) electrons. The Balaban J connectivity index is 1.25. The molecule has 0 saturated heterocycles. The molecule has 0 unspecified atom stereocenters. The first-order chi connectivity index (χ1) is 11.3. The van der Waals surface area contributed by atoms with Crippen LogP contribution >= 0.6 is 0 Å². The molecule has 1 aromatic carbocycles. The zero-order valence-corrected chi connectivity index (χ0v) is 14.0. The lowest BCUT2D eigenvalue weighted by Gasteiger charge is -2.32. The Kier molecular flexibility index (Phi) is 3.26. The van der Waals surface area contributed by atoms with E-state index in [4.69, 9.17) is 0 Å². The van der Waals surface area contributed by atoms with E-state index in [9.17, 15) is 0 Å². The Hall–Kier alpha value is -1.35. The minimum Gasteiger partial charge on any atom is -0.327 e. The maximum absolute atomic E-state index is 4.68. The molecule has 3 fully saturated rings. The van der Waals surface area contributed by atoms with Gasteiger partial charge in [0.1, 0.15) is 5.82 Å². The standard InChI is InChI=1S/C20H27N3/c1-13-22-18-7-2-3-8-20(18)23(13)10-9-21-19-12-14-11-17(19)16-6-4-5-15(14)16/h2-3,7-8,14-17,19,21H,4-6,9-12H2,1H3/t14-,15-,16+,17+,19-/m1/s1. The van der Waals surface area contributed by atoms with E-state index < -0.39 is 0 Å². The lowest BCUT2D eigenvalue weighted by Crippen LogP contribution is -2.40. The van der Waals surface area contributed by atoms with Crippen LogP contribution in [-0.4, -0.2) is 22.1 Å². The van der Waals surface area contributed by atoms with Gasteiger partial charge in [-0.05, 0) is 68.4 Å². The highest BCUT2D eigenvalue weighted by Crippen LogP contribution is 2.58. The van der Waals surface area contributed by atoms with Gasteiger partial charge in [-0.3, -0.25) is 0 Å². The SMILES string of the molecule is Cc1nc2ccccc2n1CCN[C@@H]1C[C@H]2C[C@H]1[C@H]1CCC[C@H]21. The second-order valence-corrected chi connectivity index (χ2v) is 8.01. The summed E-state index contributed by atoms with van der Waals surface area (Å²) in [4.78, 5) is 4.68. The molecule has 2 aromatic rings. The van der Waals surface area contributed by atoms with Crippen LogP contribution in [0.2, 0.25) is 0 Å². The summed E-state index contributed by atoms with van der Waals surface area (Å²) in [7, 11) is 0. The Morgan fingerprint density at radius 3 is 2.96 bits per heavy atom. The van der Waals surface area contributed by atoms with Gasteiger partial charge < -0.3 is 9.88 Å². The first-order valence-corrected chi connectivity index (χ1v) is 9.46. The number of imidazole rings is 1. The number of nitrogens with one attached hydrogen (secondary N) is 1. The van der Waals surface area contributed by atoms with Crippen molar-refractivity contribution in [3.8, 4) is 0 Å². The van der Waals surface area contributed by atoms with E-state index in [0.29, 0.717) is 0 Å². The lowest BCUT2D eigenvalue weighted by molar-refractivity contribution is 0.208. The summed E-state index contributed by atoms with van der Waals surface area (Å²) < 4.78 is 2.37. The minimum atomic E-state index is 0.787. The van der Waals surface area contributed by atoms with Crippen LogP contribution < -0.4 is 5.32 Å². The van der Waals surface area contributed by atoms with Crippen molar-refractivity contribution in [1.29, 1.82) is 0 Å². The molecule has 23 heavy (non-hydrogen) atoms. The molecule has 3 saturated carbocycles. The summed E-state index contributed by atoms with van der Waals surface area (Å²) in [6.07, 6.45) is 7.48. The highest BCUT2D eigenvalue weighted by Gasteiger charge is 2.53. The largest absolute Gasteiger partial charge is 0.327 e. The third kappa shape index (κ3) is 2.16. The van der Waals surface area contributed by atoms with Gasteiger partial charge in [0, 0.05) is 19.1 Å². The maximum Gasteiger partial charge on any atom is 0.106 e. The molecular weight excluding hydrogens is 282 g/mol. The van der Waals surface area contributed by atoms with Crippen LogP contribution in [0.1, 0.15) is 37.9 Å². The summed E-state index contributed by atoms with van der Waals surface area (Å²) in [5, 5.41) is 3.91. The second-order valence-electron chi connectivity index (χ2n) is 8.01. The van der Waals surface area contributed by atoms with Gasteiger partial charge in [0.15, 0.2) is 0 Å². The van der Waals surface area contributed by atoms with Crippen molar-refractivity contribution in [1.82, 2.24) is 14.9 Å². The number of rotatable bonds is 4. The summed E-state index contributed by atoms with van der Waals surface area (Å²) in [5.41, 5.74) is 2.40. The van der Waals surface area contributed by atoms with Crippen molar-refractivity contribution in [3.63, 3.8) is 0 Å². The van der Waals surface area contributed by atoms with Gasteiger partial charge in [0.05, 0.1) is 11.0 Å². The Bertz CT molecular complexity index is 719. The zero-order chi connectivity index (χ0) is 15.4. The van der Waals surface area contributed by atoms with Crippen LogP contribution in [0.5, 0.6) is 0 Å². The molecule has 3 aliphatic rings.